The highest BCUT2D eigenvalue weighted by atomic mass is 16.5. The zero-order valence-electron chi connectivity index (χ0n) is 12.0. The summed E-state index contributed by atoms with van der Waals surface area (Å²) in [6.07, 6.45) is 1.78. The van der Waals surface area contributed by atoms with Crippen LogP contribution in [0.15, 0.2) is 60.8 Å². The summed E-state index contributed by atoms with van der Waals surface area (Å²) in [5.41, 5.74) is 9.44. The predicted octanol–water partition coefficient (Wildman–Crippen LogP) is 3.62. The zero-order valence-corrected chi connectivity index (χ0v) is 12.0. The first kappa shape index (κ1) is 13.6. The number of nitrogens with two attached hydrogens (primary N) is 1. The van der Waals surface area contributed by atoms with E-state index in [1.54, 1.807) is 6.20 Å². The van der Waals surface area contributed by atoms with E-state index >= 15 is 0 Å². The maximum atomic E-state index is 6.20. The van der Waals surface area contributed by atoms with Crippen molar-refractivity contribution in [3.05, 3.63) is 71.9 Å². The van der Waals surface area contributed by atoms with E-state index < -0.39 is 0 Å². The van der Waals surface area contributed by atoms with Crippen molar-refractivity contribution in [2.24, 2.45) is 5.73 Å². The average Bonchev–Trinajstić information content (AvgIpc) is 2.53. The van der Waals surface area contributed by atoms with E-state index in [-0.39, 0.29) is 6.04 Å². The molecule has 0 aliphatic heterocycles. The molecule has 3 aromatic rings. The molecular formula is C18H18N2O. The lowest BCUT2D eigenvalue weighted by molar-refractivity contribution is 0.294. The average molecular weight is 278 g/mol. The molecule has 3 heteroatoms. The van der Waals surface area contributed by atoms with E-state index in [4.69, 9.17) is 10.5 Å². The largest absolute Gasteiger partial charge is 0.491 e. The molecule has 0 saturated carbocycles. The molecule has 0 saturated heterocycles. The Labute approximate surface area is 124 Å². The number of aromatic nitrogens is 1. The van der Waals surface area contributed by atoms with Gasteiger partial charge in [-0.2, -0.15) is 0 Å². The van der Waals surface area contributed by atoms with Crippen LogP contribution < -0.4 is 10.5 Å². The summed E-state index contributed by atoms with van der Waals surface area (Å²) < 4.78 is 5.90. The van der Waals surface area contributed by atoms with Crippen molar-refractivity contribution in [1.82, 2.24) is 4.98 Å². The van der Waals surface area contributed by atoms with Crippen LogP contribution in [0.4, 0.5) is 0 Å². The van der Waals surface area contributed by atoms with E-state index in [1.165, 1.54) is 5.56 Å². The Morgan fingerprint density at radius 3 is 2.67 bits per heavy atom. The summed E-state index contributed by atoms with van der Waals surface area (Å²) in [6, 6.07) is 17.9. The van der Waals surface area contributed by atoms with E-state index in [9.17, 15) is 0 Å². The molecule has 1 heterocycles. The first-order valence-corrected chi connectivity index (χ1v) is 7.03. The van der Waals surface area contributed by atoms with Crippen molar-refractivity contribution in [2.45, 2.75) is 13.0 Å². The van der Waals surface area contributed by atoms with Crippen LogP contribution in [0.2, 0.25) is 0 Å². The monoisotopic (exact) mass is 278 g/mol. The molecule has 3 rings (SSSR count). The Morgan fingerprint density at radius 2 is 1.86 bits per heavy atom. The van der Waals surface area contributed by atoms with Crippen molar-refractivity contribution in [2.75, 3.05) is 6.61 Å². The molecule has 0 aliphatic rings. The van der Waals surface area contributed by atoms with Crippen molar-refractivity contribution < 1.29 is 4.74 Å². The van der Waals surface area contributed by atoms with Gasteiger partial charge < -0.3 is 10.5 Å². The molecule has 21 heavy (non-hydrogen) atoms. The number of aryl methyl sites for hydroxylation is 1. The van der Waals surface area contributed by atoms with Gasteiger partial charge in [0.2, 0.25) is 0 Å². The number of nitrogens with zero attached hydrogens (tertiary/aromatic N) is 1. The van der Waals surface area contributed by atoms with Crippen LogP contribution in [0.3, 0.4) is 0 Å². The molecule has 1 aromatic heterocycles. The fraction of sp³-hybridized carbons (Fsp3) is 0.167. The Kier molecular flexibility index (Phi) is 3.84. The quantitative estimate of drug-likeness (QED) is 0.793. The maximum absolute atomic E-state index is 6.20. The Morgan fingerprint density at radius 1 is 1.05 bits per heavy atom. The molecule has 106 valence electrons. The Bertz CT molecular complexity index is 732. The minimum absolute atomic E-state index is 0.141. The lowest BCUT2D eigenvalue weighted by Crippen LogP contribution is -2.19. The fourth-order valence-electron chi connectivity index (χ4n) is 2.29. The van der Waals surface area contributed by atoms with Gasteiger partial charge in [-0.1, -0.05) is 35.9 Å². The van der Waals surface area contributed by atoms with Gasteiger partial charge in [-0.05, 0) is 36.8 Å². The van der Waals surface area contributed by atoms with E-state index in [0.29, 0.717) is 6.61 Å². The predicted molar refractivity (Wildman–Crippen MR) is 85.3 cm³/mol. The number of hydrogen-bond donors (Lipinski definition) is 1. The van der Waals surface area contributed by atoms with Crippen molar-refractivity contribution in [3.63, 3.8) is 0 Å². The Balaban J connectivity index is 1.76. The van der Waals surface area contributed by atoms with Crippen LogP contribution in [0, 0.1) is 6.92 Å². The van der Waals surface area contributed by atoms with E-state index in [2.05, 4.69) is 24.0 Å². The fourth-order valence-corrected chi connectivity index (χ4v) is 2.29. The second-order valence-corrected chi connectivity index (χ2v) is 5.15. The lowest BCUT2D eigenvalue weighted by Gasteiger charge is -2.15. The van der Waals surface area contributed by atoms with Crippen LogP contribution in [0.25, 0.3) is 10.9 Å². The number of hydrogen-bond acceptors (Lipinski definition) is 3. The van der Waals surface area contributed by atoms with Gasteiger partial charge in [0.1, 0.15) is 12.4 Å². The summed E-state index contributed by atoms with van der Waals surface area (Å²) in [5, 5.41) is 1.01. The summed E-state index contributed by atoms with van der Waals surface area (Å²) in [7, 11) is 0. The minimum Gasteiger partial charge on any atom is -0.491 e. The van der Waals surface area contributed by atoms with Crippen LogP contribution >= 0.6 is 0 Å². The first-order valence-electron chi connectivity index (χ1n) is 7.03. The van der Waals surface area contributed by atoms with Gasteiger partial charge in [0.05, 0.1) is 11.6 Å². The van der Waals surface area contributed by atoms with Gasteiger partial charge in [0.25, 0.3) is 0 Å². The molecule has 1 unspecified atom stereocenters. The summed E-state index contributed by atoms with van der Waals surface area (Å²) >= 11 is 0. The summed E-state index contributed by atoms with van der Waals surface area (Å²) in [6.45, 7) is 2.51. The molecule has 1 atom stereocenters. The van der Waals surface area contributed by atoms with Crippen LogP contribution in [-0.2, 0) is 0 Å². The molecule has 2 aromatic carbocycles. The van der Waals surface area contributed by atoms with Gasteiger partial charge >= 0.3 is 0 Å². The highest BCUT2D eigenvalue weighted by Crippen LogP contribution is 2.24. The lowest BCUT2D eigenvalue weighted by atomic mass is 10.1. The van der Waals surface area contributed by atoms with Crippen molar-refractivity contribution in [1.29, 1.82) is 0 Å². The normalized spacial score (nSPS) is 12.3. The molecule has 3 nitrogen and oxygen atoms in total. The smallest absolute Gasteiger partial charge is 0.128 e. The standard InChI is InChI=1S/C18H18N2O/c1-13-7-9-14(10-8-13)16(19)12-21-18-6-2-5-17-15(18)4-3-11-20-17/h2-11,16H,12,19H2,1H3. The number of benzene rings is 2. The van der Waals surface area contributed by atoms with Crippen LogP contribution in [0.1, 0.15) is 17.2 Å². The number of rotatable bonds is 4. The third-order valence-corrected chi connectivity index (χ3v) is 3.53. The number of fused-ring (bicyclic) bond motifs is 1. The van der Waals surface area contributed by atoms with Gasteiger partial charge in [0.15, 0.2) is 0 Å². The molecule has 2 N–H and O–H groups in total. The van der Waals surface area contributed by atoms with Gasteiger partial charge in [-0.25, -0.2) is 0 Å². The third kappa shape index (κ3) is 3.03. The molecule has 0 aliphatic carbocycles. The number of ether oxygens (including phenoxy) is 1. The van der Waals surface area contributed by atoms with Crippen molar-refractivity contribution in [3.8, 4) is 5.75 Å². The highest BCUT2D eigenvalue weighted by Gasteiger charge is 2.08. The molecular weight excluding hydrogens is 260 g/mol. The molecule has 0 fully saturated rings. The first-order chi connectivity index (χ1) is 10.2. The van der Waals surface area contributed by atoms with E-state index in [0.717, 1.165) is 22.2 Å². The van der Waals surface area contributed by atoms with Crippen LogP contribution in [0.5, 0.6) is 5.75 Å². The summed E-state index contributed by atoms with van der Waals surface area (Å²) in [4.78, 5) is 4.33. The van der Waals surface area contributed by atoms with Gasteiger partial charge in [-0.15, -0.1) is 0 Å². The van der Waals surface area contributed by atoms with Crippen LogP contribution in [-0.4, -0.2) is 11.6 Å². The minimum atomic E-state index is -0.141. The second-order valence-electron chi connectivity index (χ2n) is 5.15. The Hall–Kier alpha value is -2.39. The highest BCUT2D eigenvalue weighted by molar-refractivity contribution is 5.84. The van der Waals surface area contributed by atoms with E-state index in [1.807, 2.05) is 42.5 Å². The summed E-state index contributed by atoms with van der Waals surface area (Å²) in [5.74, 6) is 0.822. The number of pyridine rings is 1. The molecule has 0 amide bonds. The van der Waals surface area contributed by atoms with Gasteiger partial charge in [0, 0.05) is 11.6 Å². The SMILES string of the molecule is Cc1ccc(C(N)COc2cccc3ncccc23)cc1. The maximum Gasteiger partial charge on any atom is 0.128 e. The van der Waals surface area contributed by atoms with Crippen molar-refractivity contribution >= 4 is 10.9 Å². The third-order valence-electron chi connectivity index (χ3n) is 3.53. The molecule has 0 radical (unpaired) electrons. The van der Waals surface area contributed by atoms with Gasteiger partial charge in [-0.3, -0.25) is 4.98 Å². The second kappa shape index (κ2) is 5.94. The molecule has 0 spiro atoms. The molecule has 0 bridgehead atoms. The zero-order chi connectivity index (χ0) is 14.7. The topological polar surface area (TPSA) is 48.1 Å².